The van der Waals surface area contributed by atoms with Gasteiger partial charge < -0.3 is 4.42 Å². The Morgan fingerprint density at radius 1 is 1.15 bits per heavy atom. The Kier molecular flexibility index (Phi) is 4.99. The summed E-state index contributed by atoms with van der Waals surface area (Å²) in [6, 6.07) is 15.4. The number of para-hydroxylation sites is 1. The van der Waals surface area contributed by atoms with Crippen molar-refractivity contribution >= 4 is 46.3 Å². The molecule has 0 aliphatic carbocycles. The monoisotopic (exact) mass is 412 g/mol. The molecule has 0 saturated carbocycles. The number of hydrogen-bond acceptors (Lipinski definition) is 6. The molecule has 0 aliphatic heterocycles. The van der Waals surface area contributed by atoms with Gasteiger partial charge in [-0.15, -0.1) is 5.10 Å². The molecule has 0 amide bonds. The van der Waals surface area contributed by atoms with Crippen molar-refractivity contribution in [3.63, 3.8) is 0 Å². The molecule has 0 spiro atoms. The first-order valence-corrected chi connectivity index (χ1v) is 10.5. The van der Waals surface area contributed by atoms with Crippen LogP contribution in [0.1, 0.15) is 16.7 Å². The standard InChI is InChI=1S/C20H16N2O2S3/c1-12-8-16-14(10-18(23)24-17(16)9-13(12)2)11-26-19-21-22(20(25)27-19)15-6-4-3-5-7-15/h3-10H,11H2,1-2H3. The molecule has 4 aromatic rings. The van der Waals surface area contributed by atoms with E-state index in [0.717, 1.165) is 26.5 Å². The van der Waals surface area contributed by atoms with Crippen molar-refractivity contribution < 1.29 is 4.42 Å². The van der Waals surface area contributed by atoms with Crippen LogP contribution in [-0.2, 0) is 5.75 Å². The lowest BCUT2D eigenvalue weighted by molar-refractivity contribution is 0.559. The zero-order chi connectivity index (χ0) is 19.0. The Hall–Kier alpha value is -2.22. The Morgan fingerprint density at radius 2 is 1.89 bits per heavy atom. The molecule has 7 heteroatoms. The molecule has 0 N–H and O–H groups in total. The molecule has 0 fully saturated rings. The second-order valence-electron chi connectivity index (χ2n) is 6.19. The minimum atomic E-state index is -0.330. The quantitative estimate of drug-likeness (QED) is 0.245. The summed E-state index contributed by atoms with van der Waals surface area (Å²) < 4.78 is 8.71. The number of hydrogen-bond donors (Lipinski definition) is 0. The van der Waals surface area contributed by atoms with Crippen LogP contribution in [0.15, 0.2) is 62.1 Å². The van der Waals surface area contributed by atoms with Crippen LogP contribution in [0.25, 0.3) is 16.7 Å². The molecule has 136 valence electrons. The van der Waals surface area contributed by atoms with Crippen LogP contribution in [0.4, 0.5) is 0 Å². The van der Waals surface area contributed by atoms with Gasteiger partial charge in [0.25, 0.3) is 0 Å². The number of benzene rings is 2. The third kappa shape index (κ3) is 3.76. The maximum atomic E-state index is 11.9. The smallest absolute Gasteiger partial charge is 0.336 e. The van der Waals surface area contributed by atoms with E-state index < -0.39 is 0 Å². The van der Waals surface area contributed by atoms with Crippen molar-refractivity contribution in [2.75, 3.05) is 0 Å². The summed E-state index contributed by atoms with van der Waals surface area (Å²) in [5, 5.41) is 5.59. The van der Waals surface area contributed by atoms with E-state index in [9.17, 15) is 4.79 Å². The van der Waals surface area contributed by atoms with Crippen LogP contribution in [0.5, 0.6) is 0 Å². The number of aryl methyl sites for hydroxylation is 2. The second-order valence-corrected chi connectivity index (χ2v) is 9.04. The van der Waals surface area contributed by atoms with Gasteiger partial charge in [0.2, 0.25) is 0 Å². The number of aromatic nitrogens is 2. The molecule has 0 aliphatic rings. The Balaban J connectivity index is 1.66. The molecular formula is C20H16N2O2S3. The fourth-order valence-electron chi connectivity index (χ4n) is 2.79. The summed E-state index contributed by atoms with van der Waals surface area (Å²) >= 11 is 8.50. The van der Waals surface area contributed by atoms with Gasteiger partial charge in [-0.1, -0.05) is 41.3 Å². The molecular weight excluding hydrogens is 396 g/mol. The lowest BCUT2D eigenvalue weighted by Crippen LogP contribution is -2.01. The summed E-state index contributed by atoms with van der Waals surface area (Å²) in [5.74, 6) is 0.627. The molecule has 0 atom stereocenters. The Labute approximate surface area is 169 Å². The van der Waals surface area contributed by atoms with Gasteiger partial charge in [0.1, 0.15) is 5.58 Å². The summed E-state index contributed by atoms with van der Waals surface area (Å²) in [6.07, 6.45) is 0. The van der Waals surface area contributed by atoms with Crippen molar-refractivity contribution in [2.45, 2.75) is 23.9 Å². The average molecular weight is 413 g/mol. The van der Waals surface area contributed by atoms with E-state index in [1.54, 1.807) is 22.5 Å². The number of nitrogens with zero attached hydrogens (tertiary/aromatic N) is 2. The minimum Gasteiger partial charge on any atom is -0.423 e. The second kappa shape index (κ2) is 7.42. The molecule has 2 aromatic carbocycles. The predicted octanol–water partition coefficient (Wildman–Crippen LogP) is 5.68. The normalized spacial score (nSPS) is 11.2. The highest BCUT2D eigenvalue weighted by atomic mass is 32.2. The van der Waals surface area contributed by atoms with Crippen LogP contribution in [0.2, 0.25) is 0 Å². The van der Waals surface area contributed by atoms with Crippen LogP contribution < -0.4 is 5.63 Å². The zero-order valence-electron chi connectivity index (χ0n) is 14.8. The maximum Gasteiger partial charge on any atom is 0.336 e. The number of thioether (sulfide) groups is 1. The van der Waals surface area contributed by atoms with E-state index in [-0.39, 0.29) is 5.63 Å². The molecule has 4 nitrogen and oxygen atoms in total. The van der Waals surface area contributed by atoms with Crippen molar-refractivity contribution in [3.05, 3.63) is 79.6 Å². The van der Waals surface area contributed by atoms with E-state index in [2.05, 4.69) is 18.1 Å². The lowest BCUT2D eigenvalue weighted by Gasteiger charge is -2.07. The highest BCUT2D eigenvalue weighted by molar-refractivity contribution is 8.00. The van der Waals surface area contributed by atoms with Crippen molar-refractivity contribution in [1.29, 1.82) is 0 Å². The Morgan fingerprint density at radius 3 is 2.67 bits per heavy atom. The molecule has 0 bridgehead atoms. The first kappa shape index (κ1) is 18.2. The van der Waals surface area contributed by atoms with Gasteiger partial charge in [0, 0.05) is 17.2 Å². The fraction of sp³-hybridized carbons (Fsp3) is 0.150. The summed E-state index contributed by atoms with van der Waals surface area (Å²) in [4.78, 5) is 11.9. The number of fused-ring (bicyclic) bond motifs is 1. The van der Waals surface area contributed by atoms with Gasteiger partial charge >= 0.3 is 5.63 Å². The first-order chi connectivity index (χ1) is 13.0. The van der Waals surface area contributed by atoms with Gasteiger partial charge in [-0.2, -0.15) is 0 Å². The van der Waals surface area contributed by atoms with E-state index in [1.807, 2.05) is 43.3 Å². The van der Waals surface area contributed by atoms with E-state index in [0.29, 0.717) is 15.3 Å². The molecule has 0 unspecified atom stereocenters. The molecule has 2 aromatic heterocycles. The SMILES string of the molecule is Cc1cc2oc(=O)cc(CSc3nn(-c4ccccc4)c(=S)s3)c2cc1C. The van der Waals surface area contributed by atoms with Crippen LogP contribution in [0, 0.1) is 17.8 Å². The molecule has 4 rings (SSSR count). The fourth-order valence-corrected chi connectivity index (χ4v) is 5.15. The lowest BCUT2D eigenvalue weighted by atomic mass is 10.0. The first-order valence-electron chi connectivity index (χ1n) is 8.33. The Bertz CT molecular complexity index is 1240. The van der Waals surface area contributed by atoms with Gasteiger partial charge in [-0.05, 0) is 67.0 Å². The molecule has 0 saturated heterocycles. The summed E-state index contributed by atoms with van der Waals surface area (Å²) in [5.41, 5.74) is 4.47. The summed E-state index contributed by atoms with van der Waals surface area (Å²) in [7, 11) is 0. The third-order valence-electron chi connectivity index (χ3n) is 4.33. The van der Waals surface area contributed by atoms with Crippen molar-refractivity contribution in [3.8, 4) is 5.69 Å². The van der Waals surface area contributed by atoms with Crippen LogP contribution >= 0.6 is 35.3 Å². The topological polar surface area (TPSA) is 48.0 Å². The number of rotatable bonds is 4. The van der Waals surface area contributed by atoms with E-state index in [1.165, 1.54) is 16.9 Å². The van der Waals surface area contributed by atoms with Crippen LogP contribution in [0.3, 0.4) is 0 Å². The van der Waals surface area contributed by atoms with E-state index in [4.69, 9.17) is 16.6 Å². The van der Waals surface area contributed by atoms with Crippen molar-refractivity contribution in [1.82, 2.24) is 9.78 Å². The van der Waals surface area contributed by atoms with Gasteiger partial charge in [-0.3, -0.25) is 0 Å². The molecule has 27 heavy (non-hydrogen) atoms. The third-order valence-corrected chi connectivity index (χ3v) is 6.74. The highest BCUT2D eigenvalue weighted by Crippen LogP contribution is 2.30. The highest BCUT2D eigenvalue weighted by Gasteiger charge is 2.11. The van der Waals surface area contributed by atoms with Gasteiger partial charge in [0.05, 0.1) is 5.69 Å². The largest absolute Gasteiger partial charge is 0.423 e. The zero-order valence-corrected chi connectivity index (χ0v) is 17.2. The van der Waals surface area contributed by atoms with Crippen LogP contribution in [-0.4, -0.2) is 9.78 Å². The molecule has 2 heterocycles. The van der Waals surface area contributed by atoms with E-state index >= 15 is 0 Å². The van der Waals surface area contributed by atoms with Gasteiger partial charge in [-0.25, -0.2) is 9.48 Å². The van der Waals surface area contributed by atoms with Gasteiger partial charge in [0.15, 0.2) is 8.29 Å². The minimum absolute atomic E-state index is 0.330. The molecule has 0 radical (unpaired) electrons. The summed E-state index contributed by atoms with van der Waals surface area (Å²) in [6.45, 7) is 4.07. The maximum absolute atomic E-state index is 11.9. The van der Waals surface area contributed by atoms with Crippen molar-refractivity contribution in [2.24, 2.45) is 0 Å². The average Bonchev–Trinajstić information content (AvgIpc) is 3.02. The predicted molar refractivity (Wildman–Crippen MR) is 114 cm³/mol.